The summed E-state index contributed by atoms with van der Waals surface area (Å²) in [6, 6.07) is 6.68. The number of aliphatic hydroxyl groups is 1. The van der Waals surface area contributed by atoms with Gasteiger partial charge in [0.1, 0.15) is 5.82 Å². The molecule has 2 aromatic rings. The average molecular weight is 331 g/mol. The number of aromatic nitrogens is 1. The van der Waals surface area contributed by atoms with Gasteiger partial charge in [-0.15, -0.1) is 0 Å². The zero-order valence-corrected chi connectivity index (χ0v) is 14.2. The highest BCUT2D eigenvalue weighted by Crippen LogP contribution is 2.18. The third-order valence-corrected chi connectivity index (χ3v) is 4.79. The third kappa shape index (κ3) is 4.50. The summed E-state index contributed by atoms with van der Waals surface area (Å²) in [5, 5.41) is 14.3. The first-order valence-corrected chi connectivity index (χ1v) is 8.76. The average Bonchev–Trinajstić information content (AvgIpc) is 2.57. The molecule has 0 aliphatic carbocycles. The van der Waals surface area contributed by atoms with Crippen molar-refractivity contribution in [2.75, 3.05) is 26.2 Å². The molecule has 1 aromatic heterocycles. The second-order valence-corrected chi connectivity index (χ2v) is 6.91. The van der Waals surface area contributed by atoms with Crippen molar-refractivity contribution in [2.45, 2.75) is 32.4 Å². The van der Waals surface area contributed by atoms with E-state index in [2.05, 4.69) is 22.1 Å². The predicted octanol–water partition coefficient (Wildman–Crippen LogP) is 2.56. The molecule has 2 N–H and O–H groups in total. The van der Waals surface area contributed by atoms with Crippen LogP contribution >= 0.6 is 0 Å². The van der Waals surface area contributed by atoms with E-state index in [4.69, 9.17) is 0 Å². The van der Waals surface area contributed by atoms with Crippen LogP contribution in [0.4, 0.5) is 4.39 Å². The van der Waals surface area contributed by atoms with Gasteiger partial charge in [0.25, 0.3) is 0 Å². The van der Waals surface area contributed by atoms with E-state index in [0.29, 0.717) is 19.6 Å². The van der Waals surface area contributed by atoms with Crippen LogP contribution in [0.5, 0.6) is 0 Å². The minimum atomic E-state index is -0.411. The second kappa shape index (κ2) is 8.01. The Morgan fingerprint density at radius 3 is 2.96 bits per heavy atom. The molecular weight excluding hydrogens is 305 g/mol. The highest BCUT2D eigenvalue weighted by molar-refractivity contribution is 5.81. The lowest BCUT2D eigenvalue weighted by Crippen LogP contribution is -2.41. The Kier molecular flexibility index (Phi) is 5.76. The summed E-state index contributed by atoms with van der Waals surface area (Å²) in [5.74, 6) is 0.542. The molecule has 1 atom stereocenters. The number of rotatable bonds is 6. The molecule has 3 rings (SSSR count). The number of piperidine rings is 1. The van der Waals surface area contributed by atoms with E-state index in [1.165, 1.54) is 25.0 Å². The number of β-amino-alcohol motifs (C(OH)–C–C–N with tert-alkyl or cyclic N) is 1. The molecule has 1 aromatic carbocycles. The first-order valence-electron chi connectivity index (χ1n) is 8.76. The van der Waals surface area contributed by atoms with E-state index in [0.717, 1.165) is 35.5 Å². The maximum Gasteiger partial charge on any atom is 0.124 e. The van der Waals surface area contributed by atoms with Gasteiger partial charge in [-0.3, -0.25) is 4.98 Å². The smallest absolute Gasteiger partial charge is 0.124 e. The van der Waals surface area contributed by atoms with E-state index in [1.54, 1.807) is 6.20 Å². The fourth-order valence-corrected chi connectivity index (χ4v) is 3.34. The van der Waals surface area contributed by atoms with Gasteiger partial charge in [0.15, 0.2) is 0 Å². The van der Waals surface area contributed by atoms with Crippen molar-refractivity contribution < 1.29 is 9.50 Å². The lowest BCUT2D eigenvalue weighted by Gasteiger charge is -2.31. The molecular formula is C19H26FN3O. The third-order valence-electron chi connectivity index (χ3n) is 4.79. The summed E-state index contributed by atoms with van der Waals surface area (Å²) in [5.41, 5.74) is 1.63. The summed E-state index contributed by atoms with van der Waals surface area (Å²) in [4.78, 5) is 6.67. The van der Waals surface area contributed by atoms with Gasteiger partial charge in [0.05, 0.1) is 11.6 Å². The number of nitrogens with one attached hydrogen (secondary N) is 1. The van der Waals surface area contributed by atoms with Crippen LogP contribution in [0.15, 0.2) is 30.5 Å². The van der Waals surface area contributed by atoms with E-state index < -0.39 is 6.10 Å². The number of nitrogens with zero attached hydrogens (tertiary/aromatic N) is 2. The quantitative estimate of drug-likeness (QED) is 0.854. The molecule has 1 saturated heterocycles. The topological polar surface area (TPSA) is 48.4 Å². The van der Waals surface area contributed by atoms with Crippen molar-refractivity contribution in [2.24, 2.45) is 5.92 Å². The number of hydrogen-bond donors (Lipinski definition) is 2. The molecule has 0 radical (unpaired) electrons. The lowest BCUT2D eigenvalue weighted by molar-refractivity contribution is 0.0907. The molecule has 4 nitrogen and oxygen atoms in total. The van der Waals surface area contributed by atoms with Crippen LogP contribution in [-0.2, 0) is 6.54 Å². The highest BCUT2D eigenvalue weighted by Gasteiger charge is 2.18. The predicted molar refractivity (Wildman–Crippen MR) is 94.3 cm³/mol. The minimum absolute atomic E-state index is 0.254. The molecule has 5 heteroatoms. The van der Waals surface area contributed by atoms with Gasteiger partial charge in [-0.1, -0.05) is 13.0 Å². The molecule has 0 saturated carbocycles. The van der Waals surface area contributed by atoms with Gasteiger partial charge in [0, 0.05) is 31.2 Å². The Bertz CT molecular complexity index is 671. The molecule has 0 bridgehead atoms. The van der Waals surface area contributed by atoms with Gasteiger partial charge in [-0.25, -0.2) is 4.39 Å². The number of pyridine rings is 1. The molecule has 1 fully saturated rings. The Morgan fingerprint density at radius 1 is 1.38 bits per heavy atom. The fraction of sp³-hybridized carbons (Fsp3) is 0.526. The van der Waals surface area contributed by atoms with Crippen LogP contribution in [0, 0.1) is 11.7 Å². The maximum atomic E-state index is 13.7. The highest BCUT2D eigenvalue weighted by atomic mass is 19.1. The molecule has 1 aliphatic heterocycles. The first-order chi connectivity index (χ1) is 11.6. The van der Waals surface area contributed by atoms with Gasteiger partial charge in [-0.05, 0) is 55.6 Å². The molecule has 0 spiro atoms. The van der Waals surface area contributed by atoms with Crippen LogP contribution < -0.4 is 5.32 Å². The second-order valence-electron chi connectivity index (χ2n) is 6.91. The molecule has 1 aliphatic rings. The van der Waals surface area contributed by atoms with Crippen molar-refractivity contribution in [3.8, 4) is 0 Å². The number of aliphatic hydroxyl groups excluding tert-OH is 1. The van der Waals surface area contributed by atoms with Crippen LogP contribution in [0.25, 0.3) is 10.9 Å². The molecule has 0 amide bonds. The van der Waals surface area contributed by atoms with Gasteiger partial charge in [-0.2, -0.15) is 0 Å². The Balaban J connectivity index is 1.51. The Hall–Kier alpha value is -1.56. The van der Waals surface area contributed by atoms with Crippen LogP contribution in [0.3, 0.4) is 0 Å². The van der Waals surface area contributed by atoms with Gasteiger partial charge in [0.2, 0.25) is 0 Å². The van der Waals surface area contributed by atoms with Gasteiger partial charge < -0.3 is 15.3 Å². The molecule has 130 valence electrons. The normalized spacial score (nSPS) is 18.1. The van der Waals surface area contributed by atoms with E-state index in [1.807, 2.05) is 12.1 Å². The summed E-state index contributed by atoms with van der Waals surface area (Å²) >= 11 is 0. The number of halogens is 1. The monoisotopic (exact) mass is 331 g/mol. The first kappa shape index (κ1) is 17.3. The van der Waals surface area contributed by atoms with Crippen LogP contribution in [0.2, 0.25) is 0 Å². The summed E-state index contributed by atoms with van der Waals surface area (Å²) in [6.45, 7) is 6.11. The van der Waals surface area contributed by atoms with E-state index in [9.17, 15) is 9.50 Å². The van der Waals surface area contributed by atoms with Crippen LogP contribution in [0.1, 0.15) is 25.3 Å². The van der Waals surface area contributed by atoms with Gasteiger partial charge >= 0.3 is 0 Å². The fourth-order valence-electron chi connectivity index (χ4n) is 3.34. The van der Waals surface area contributed by atoms with Crippen molar-refractivity contribution in [1.29, 1.82) is 0 Å². The van der Waals surface area contributed by atoms with E-state index >= 15 is 0 Å². The molecule has 24 heavy (non-hydrogen) atoms. The summed E-state index contributed by atoms with van der Waals surface area (Å²) in [7, 11) is 0. The van der Waals surface area contributed by atoms with Crippen LogP contribution in [-0.4, -0.2) is 47.3 Å². The minimum Gasteiger partial charge on any atom is -0.390 e. The maximum absolute atomic E-state index is 13.7. The number of likely N-dealkylation sites (tertiary alicyclic amines) is 1. The summed E-state index contributed by atoms with van der Waals surface area (Å²) < 4.78 is 13.7. The zero-order chi connectivity index (χ0) is 16.9. The Morgan fingerprint density at radius 2 is 2.17 bits per heavy atom. The number of hydrogen-bond acceptors (Lipinski definition) is 4. The Labute approximate surface area is 142 Å². The SMILES string of the molecule is CC1CCN(CC(O)CNCc2cc(F)cc3cccnc23)CC1. The van der Waals surface area contributed by atoms with Crippen molar-refractivity contribution in [1.82, 2.24) is 15.2 Å². The lowest BCUT2D eigenvalue weighted by atomic mass is 9.99. The molecule has 2 heterocycles. The van der Waals surface area contributed by atoms with Crippen molar-refractivity contribution >= 4 is 10.9 Å². The van der Waals surface area contributed by atoms with E-state index in [-0.39, 0.29) is 5.82 Å². The molecule has 1 unspecified atom stereocenters. The summed E-state index contributed by atoms with van der Waals surface area (Å²) in [6.07, 6.45) is 3.73. The standard InChI is InChI=1S/C19H26FN3O/c1-14-4-7-23(8-5-14)13-18(24)12-21-11-16-10-17(20)9-15-3-2-6-22-19(15)16/h2-3,6,9-10,14,18,21,24H,4-5,7-8,11-13H2,1H3. The largest absolute Gasteiger partial charge is 0.390 e. The number of benzene rings is 1. The van der Waals surface area contributed by atoms with Crippen molar-refractivity contribution in [3.63, 3.8) is 0 Å². The van der Waals surface area contributed by atoms with Crippen molar-refractivity contribution in [3.05, 3.63) is 41.8 Å². The number of fused-ring (bicyclic) bond motifs is 1. The zero-order valence-electron chi connectivity index (χ0n) is 14.2.